The molecule has 6 heteroatoms. The lowest BCUT2D eigenvalue weighted by Gasteiger charge is -2.18. The number of hydrogen-bond donors (Lipinski definition) is 2. The smallest absolute Gasteiger partial charge is 0.148 e. The number of benzene rings is 2. The topological polar surface area (TPSA) is 38.0 Å². The Bertz CT molecular complexity index is 607. The summed E-state index contributed by atoms with van der Waals surface area (Å²) in [5.41, 5.74) is 3.23. The van der Waals surface area contributed by atoms with E-state index in [9.17, 15) is 8.78 Å². The molecule has 0 aliphatic heterocycles. The van der Waals surface area contributed by atoms with Gasteiger partial charge in [0, 0.05) is 10.0 Å². The first-order chi connectivity index (χ1) is 9.04. The Morgan fingerprint density at radius 1 is 1.21 bits per heavy atom. The van der Waals surface area contributed by atoms with Crippen molar-refractivity contribution in [2.45, 2.75) is 6.04 Å². The molecular formula is C13H10BrClF2N2. The first-order valence-electron chi connectivity index (χ1n) is 5.39. The van der Waals surface area contributed by atoms with E-state index in [0.717, 1.165) is 0 Å². The molecule has 2 nitrogen and oxygen atoms in total. The van der Waals surface area contributed by atoms with Gasteiger partial charge in [0.25, 0.3) is 0 Å². The van der Waals surface area contributed by atoms with Crippen molar-refractivity contribution in [2.24, 2.45) is 5.84 Å². The zero-order chi connectivity index (χ0) is 14.0. The summed E-state index contributed by atoms with van der Waals surface area (Å²) in [5.74, 6) is 4.44. The van der Waals surface area contributed by atoms with Crippen LogP contribution < -0.4 is 11.3 Å². The number of hydrazine groups is 1. The van der Waals surface area contributed by atoms with Crippen LogP contribution >= 0.6 is 27.5 Å². The highest BCUT2D eigenvalue weighted by molar-refractivity contribution is 9.10. The summed E-state index contributed by atoms with van der Waals surface area (Å²) in [6, 6.07) is 8.27. The zero-order valence-electron chi connectivity index (χ0n) is 9.63. The molecular weight excluding hydrogens is 338 g/mol. The first kappa shape index (κ1) is 14.4. The van der Waals surface area contributed by atoms with Gasteiger partial charge in [0.2, 0.25) is 0 Å². The fourth-order valence-corrected chi connectivity index (χ4v) is 2.29. The Labute approximate surface area is 122 Å². The van der Waals surface area contributed by atoms with Crippen molar-refractivity contribution in [2.75, 3.05) is 0 Å². The molecule has 0 aromatic heterocycles. The minimum Gasteiger partial charge on any atom is -0.271 e. The lowest BCUT2D eigenvalue weighted by Crippen LogP contribution is -2.29. The van der Waals surface area contributed by atoms with Gasteiger partial charge >= 0.3 is 0 Å². The van der Waals surface area contributed by atoms with E-state index in [2.05, 4.69) is 21.4 Å². The number of hydrogen-bond acceptors (Lipinski definition) is 2. The summed E-state index contributed by atoms with van der Waals surface area (Å²) in [6.07, 6.45) is 0. The quantitative estimate of drug-likeness (QED) is 0.501. The van der Waals surface area contributed by atoms with Gasteiger partial charge in [-0.3, -0.25) is 5.84 Å². The molecule has 0 radical (unpaired) electrons. The van der Waals surface area contributed by atoms with Crippen LogP contribution in [0.5, 0.6) is 0 Å². The monoisotopic (exact) mass is 346 g/mol. The van der Waals surface area contributed by atoms with Gasteiger partial charge in [-0.1, -0.05) is 29.8 Å². The third-order valence-electron chi connectivity index (χ3n) is 2.72. The van der Waals surface area contributed by atoms with E-state index in [4.69, 9.17) is 17.4 Å². The summed E-state index contributed by atoms with van der Waals surface area (Å²) < 4.78 is 27.8. The fourth-order valence-electron chi connectivity index (χ4n) is 1.82. The second-order valence-electron chi connectivity index (χ2n) is 3.92. The maximum Gasteiger partial charge on any atom is 0.148 e. The maximum absolute atomic E-state index is 14.1. The third-order valence-corrected chi connectivity index (χ3v) is 3.98. The van der Waals surface area contributed by atoms with Crippen LogP contribution in [0, 0.1) is 11.6 Å². The molecule has 100 valence electrons. The average Bonchev–Trinajstić information content (AvgIpc) is 2.40. The van der Waals surface area contributed by atoms with Crippen LogP contribution in [0.15, 0.2) is 40.9 Å². The predicted molar refractivity (Wildman–Crippen MR) is 74.7 cm³/mol. The van der Waals surface area contributed by atoms with Gasteiger partial charge < -0.3 is 0 Å². The van der Waals surface area contributed by atoms with Crippen LogP contribution in [0.1, 0.15) is 17.2 Å². The Kier molecular flexibility index (Phi) is 4.52. The predicted octanol–water partition coefficient (Wildman–Crippen LogP) is 3.93. The van der Waals surface area contributed by atoms with Crippen molar-refractivity contribution in [3.8, 4) is 0 Å². The maximum atomic E-state index is 14.1. The fraction of sp³-hybridized carbons (Fsp3) is 0.0769. The first-order valence-corrected chi connectivity index (χ1v) is 6.56. The summed E-state index contributed by atoms with van der Waals surface area (Å²) in [6.45, 7) is 0. The molecule has 0 aliphatic rings. The molecule has 2 aromatic rings. The van der Waals surface area contributed by atoms with Crippen LogP contribution in [-0.4, -0.2) is 0 Å². The molecule has 1 unspecified atom stereocenters. The lowest BCUT2D eigenvalue weighted by atomic mass is 9.99. The van der Waals surface area contributed by atoms with Gasteiger partial charge in [-0.25, -0.2) is 14.2 Å². The molecule has 0 bridgehead atoms. The molecule has 2 rings (SSSR count). The normalized spacial score (nSPS) is 12.5. The van der Waals surface area contributed by atoms with E-state index >= 15 is 0 Å². The largest absolute Gasteiger partial charge is 0.271 e. The Morgan fingerprint density at radius 3 is 2.58 bits per heavy atom. The standard InChI is InChI=1S/C13H10BrClF2N2/c14-10-5-4-9(12(17)11(10)15)13(19-18)7-2-1-3-8(16)6-7/h1-6,13,19H,18H2. The highest BCUT2D eigenvalue weighted by Gasteiger charge is 2.20. The lowest BCUT2D eigenvalue weighted by molar-refractivity contribution is 0.555. The number of halogens is 4. The molecule has 3 N–H and O–H groups in total. The number of nitrogens with one attached hydrogen (secondary N) is 1. The highest BCUT2D eigenvalue weighted by Crippen LogP contribution is 2.32. The molecule has 0 heterocycles. The second-order valence-corrected chi connectivity index (χ2v) is 5.15. The number of rotatable bonds is 3. The highest BCUT2D eigenvalue weighted by atomic mass is 79.9. The Morgan fingerprint density at radius 2 is 1.95 bits per heavy atom. The molecule has 0 saturated heterocycles. The second kappa shape index (κ2) is 5.96. The van der Waals surface area contributed by atoms with Crippen molar-refractivity contribution in [1.29, 1.82) is 0 Å². The van der Waals surface area contributed by atoms with Crippen molar-refractivity contribution in [1.82, 2.24) is 5.43 Å². The van der Waals surface area contributed by atoms with Gasteiger partial charge in [-0.15, -0.1) is 0 Å². The van der Waals surface area contributed by atoms with E-state index in [1.165, 1.54) is 18.2 Å². The molecule has 0 saturated carbocycles. The molecule has 0 spiro atoms. The molecule has 0 fully saturated rings. The van der Waals surface area contributed by atoms with E-state index in [-0.39, 0.29) is 10.6 Å². The Hall–Kier alpha value is -1.01. The molecule has 0 amide bonds. The summed E-state index contributed by atoms with van der Waals surface area (Å²) in [7, 11) is 0. The SMILES string of the molecule is NNC(c1cccc(F)c1)c1ccc(Br)c(Cl)c1F. The van der Waals surface area contributed by atoms with Crippen LogP contribution in [0.3, 0.4) is 0 Å². The van der Waals surface area contributed by atoms with Crippen molar-refractivity contribution >= 4 is 27.5 Å². The molecule has 0 aliphatic carbocycles. The summed E-state index contributed by atoms with van der Waals surface area (Å²) >= 11 is 8.97. The third kappa shape index (κ3) is 2.95. The zero-order valence-corrected chi connectivity index (χ0v) is 12.0. The van der Waals surface area contributed by atoms with Gasteiger partial charge in [-0.05, 0) is 39.7 Å². The summed E-state index contributed by atoms with van der Waals surface area (Å²) in [4.78, 5) is 0. The van der Waals surface area contributed by atoms with E-state index < -0.39 is 17.7 Å². The van der Waals surface area contributed by atoms with Crippen molar-refractivity contribution in [3.63, 3.8) is 0 Å². The number of nitrogens with two attached hydrogens (primary N) is 1. The minimum absolute atomic E-state index is 0.0332. The van der Waals surface area contributed by atoms with Crippen LogP contribution in [-0.2, 0) is 0 Å². The van der Waals surface area contributed by atoms with Crippen LogP contribution in [0.4, 0.5) is 8.78 Å². The summed E-state index contributed by atoms with van der Waals surface area (Å²) in [5, 5.41) is -0.0332. The van der Waals surface area contributed by atoms with Crippen molar-refractivity contribution in [3.05, 3.63) is 68.7 Å². The average molecular weight is 348 g/mol. The molecule has 1 atom stereocenters. The molecule has 2 aromatic carbocycles. The van der Waals surface area contributed by atoms with Gasteiger partial charge in [-0.2, -0.15) is 0 Å². The van der Waals surface area contributed by atoms with Gasteiger partial charge in [0.15, 0.2) is 0 Å². The van der Waals surface area contributed by atoms with Gasteiger partial charge in [0.05, 0.1) is 11.1 Å². The van der Waals surface area contributed by atoms with E-state index in [0.29, 0.717) is 10.0 Å². The van der Waals surface area contributed by atoms with Crippen LogP contribution in [0.25, 0.3) is 0 Å². The van der Waals surface area contributed by atoms with Gasteiger partial charge in [0.1, 0.15) is 11.6 Å². The van der Waals surface area contributed by atoms with Crippen LogP contribution in [0.2, 0.25) is 5.02 Å². The van der Waals surface area contributed by atoms with E-state index in [1.54, 1.807) is 18.2 Å². The Balaban J connectivity index is 2.51. The van der Waals surface area contributed by atoms with Crippen molar-refractivity contribution < 1.29 is 8.78 Å². The minimum atomic E-state index is -0.679. The molecule has 19 heavy (non-hydrogen) atoms. The van der Waals surface area contributed by atoms with E-state index in [1.807, 2.05) is 0 Å².